The molecule has 0 radical (unpaired) electrons. The maximum atomic E-state index is 12.1. The van der Waals surface area contributed by atoms with E-state index < -0.39 is 54.6 Å². The predicted molar refractivity (Wildman–Crippen MR) is 111 cm³/mol. The molecule has 0 spiro atoms. The zero-order valence-corrected chi connectivity index (χ0v) is 20.1. The lowest BCUT2D eigenvalue weighted by molar-refractivity contribution is -0.0540. The van der Waals surface area contributed by atoms with Gasteiger partial charge in [-0.1, -0.05) is 21.6 Å². The van der Waals surface area contributed by atoms with Crippen LogP contribution in [0.15, 0.2) is 17.1 Å². The summed E-state index contributed by atoms with van der Waals surface area (Å²) in [6, 6.07) is 1.39. The lowest BCUT2D eigenvalue weighted by atomic mass is 10.2. The first kappa shape index (κ1) is 27.0. The van der Waals surface area contributed by atoms with Gasteiger partial charge >= 0.3 is 29.6 Å². The molecule has 3 unspecified atom stereocenters. The molecule has 2 rings (SSSR count). The van der Waals surface area contributed by atoms with Crippen molar-refractivity contribution in [3.63, 3.8) is 0 Å². The van der Waals surface area contributed by atoms with E-state index >= 15 is 0 Å². The van der Waals surface area contributed by atoms with Crippen molar-refractivity contribution in [3.05, 3.63) is 22.7 Å². The second-order valence-electron chi connectivity index (χ2n) is 5.70. The first-order valence-corrected chi connectivity index (χ1v) is 15.1. The van der Waals surface area contributed by atoms with Crippen LogP contribution in [0.5, 0.6) is 0 Å². The molecule has 0 bridgehead atoms. The predicted octanol–water partition coefficient (Wildman–Crippen LogP) is 1.10. The van der Waals surface area contributed by atoms with Crippen LogP contribution < -0.4 is 11.4 Å². The molecule has 0 aromatic carbocycles. The number of rotatable bonds is 12. The van der Waals surface area contributed by atoms with Crippen molar-refractivity contribution in [1.29, 1.82) is 0 Å². The van der Waals surface area contributed by atoms with Crippen molar-refractivity contribution in [2.24, 2.45) is 0 Å². The number of nitrogen functional groups attached to an aromatic ring is 1. The number of hydrogen-bond donors (Lipinski definition) is 4. The fourth-order valence-corrected chi connectivity index (χ4v) is 5.70. The molecule has 20 heteroatoms. The van der Waals surface area contributed by atoms with Gasteiger partial charge in [-0.2, -0.15) is 4.98 Å². The number of phosphoric ester groups is 1. The van der Waals surface area contributed by atoms with Gasteiger partial charge in [-0.15, -0.1) is 0 Å². The van der Waals surface area contributed by atoms with Crippen molar-refractivity contribution < 1.29 is 51.0 Å². The van der Waals surface area contributed by atoms with Crippen molar-refractivity contribution in [3.8, 4) is 0 Å². The van der Waals surface area contributed by atoms with Crippen LogP contribution in [0.4, 0.5) is 5.82 Å². The number of nitrogens with two attached hydrogens (primary N) is 1. The summed E-state index contributed by atoms with van der Waals surface area (Å²) in [5.74, 6) is 0.263. The highest BCUT2D eigenvalue weighted by molar-refractivity contribution is 8.76. The summed E-state index contributed by atoms with van der Waals surface area (Å²) in [6.45, 7) is -0.596. The van der Waals surface area contributed by atoms with Crippen LogP contribution in [0.25, 0.3) is 0 Å². The van der Waals surface area contributed by atoms with Crippen molar-refractivity contribution in [2.75, 3.05) is 24.5 Å². The number of aromatic nitrogens is 2. The molecular weight excluding hydrogens is 523 g/mol. The molecule has 5 atom stereocenters. The summed E-state index contributed by atoms with van der Waals surface area (Å²) in [4.78, 5) is 42.4. The standard InChI is InChI=1S/C11H20N3O12P3S2/c1-30-31-6-22-7-4-10(14-3-2-9(12)13-11(14)15)24-8(7)5-23-29(20,21)26-27(16)25-28(17,18)19/h2-3,7-8,10,27H,4-6H2,1H3,(H,20,21)(H2,12,13,15)(H2,17,18,19)/t7-,8+,10?/m0/s1. The van der Waals surface area contributed by atoms with Crippen LogP contribution in [-0.4, -0.2) is 55.2 Å². The van der Waals surface area contributed by atoms with Gasteiger partial charge in [0.25, 0.3) is 0 Å². The Morgan fingerprint density at radius 2 is 2.10 bits per heavy atom. The van der Waals surface area contributed by atoms with E-state index in [0.29, 0.717) is 0 Å². The van der Waals surface area contributed by atoms with E-state index in [1.165, 1.54) is 33.9 Å². The van der Waals surface area contributed by atoms with Crippen LogP contribution in [-0.2, 0) is 36.3 Å². The van der Waals surface area contributed by atoms with Gasteiger partial charge in [0.05, 0.1) is 12.7 Å². The van der Waals surface area contributed by atoms with E-state index in [0.717, 1.165) is 4.57 Å². The molecule has 1 fully saturated rings. The fourth-order valence-electron chi connectivity index (χ4n) is 2.41. The lowest BCUT2D eigenvalue weighted by Gasteiger charge is -2.20. The maximum Gasteiger partial charge on any atom is 0.479 e. The average Bonchev–Trinajstić information content (AvgIpc) is 3.01. The zero-order chi connectivity index (χ0) is 23.2. The van der Waals surface area contributed by atoms with Crippen molar-refractivity contribution in [1.82, 2.24) is 9.55 Å². The highest BCUT2D eigenvalue weighted by Crippen LogP contribution is 2.58. The summed E-state index contributed by atoms with van der Waals surface area (Å²) in [7, 11) is -11.4. The third kappa shape index (κ3) is 9.26. The van der Waals surface area contributed by atoms with Gasteiger partial charge in [0.15, 0.2) is 0 Å². The minimum Gasteiger partial charge on any atom is -0.383 e. The maximum absolute atomic E-state index is 12.1. The number of phosphoric acid groups is 2. The number of nitrogens with zero attached hydrogens (tertiary/aromatic N) is 2. The molecule has 178 valence electrons. The highest BCUT2D eigenvalue weighted by atomic mass is 33.1. The first-order valence-electron chi connectivity index (χ1n) is 8.13. The monoisotopic (exact) mass is 543 g/mol. The lowest BCUT2D eigenvalue weighted by Crippen LogP contribution is -2.29. The fraction of sp³-hybridized carbons (Fsp3) is 0.636. The Morgan fingerprint density at radius 3 is 2.71 bits per heavy atom. The molecule has 1 aliphatic rings. The molecule has 1 aromatic rings. The van der Waals surface area contributed by atoms with Crippen LogP contribution in [0.2, 0.25) is 0 Å². The largest absolute Gasteiger partial charge is 0.479 e. The second kappa shape index (κ2) is 11.7. The molecule has 15 nitrogen and oxygen atoms in total. The first-order chi connectivity index (χ1) is 14.4. The molecule has 0 saturated carbocycles. The number of anilines is 1. The van der Waals surface area contributed by atoms with E-state index in [-0.39, 0.29) is 18.2 Å². The van der Waals surface area contributed by atoms with Crippen LogP contribution in [0, 0.1) is 0 Å². The molecule has 2 heterocycles. The summed E-state index contributed by atoms with van der Waals surface area (Å²) in [6.07, 6.45) is 0.919. The van der Waals surface area contributed by atoms with Gasteiger partial charge in [0, 0.05) is 12.6 Å². The van der Waals surface area contributed by atoms with Gasteiger partial charge < -0.3 is 29.9 Å². The third-order valence-corrected chi connectivity index (χ3v) is 8.58. The molecule has 0 aliphatic carbocycles. The van der Waals surface area contributed by atoms with E-state index in [9.17, 15) is 23.4 Å². The molecule has 1 saturated heterocycles. The summed E-state index contributed by atoms with van der Waals surface area (Å²) in [5, 5.41) is 0. The van der Waals surface area contributed by atoms with Crippen LogP contribution in [0.1, 0.15) is 12.6 Å². The quantitative estimate of drug-likeness (QED) is 0.125. The van der Waals surface area contributed by atoms with Crippen LogP contribution >= 0.6 is 45.5 Å². The topological polar surface area (TPSA) is 219 Å². The smallest absolute Gasteiger partial charge is 0.383 e. The zero-order valence-electron chi connectivity index (χ0n) is 15.7. The Balaban J connectivity index is 2.04. The summed E-state index contributed by atoms with van der Waals surface area (Å²) in [5.41, 5.74) is 4.79. The number of hydrogen-bond acceptors (Lipinski definition) is 13. The number of ether oxygens (including phenoxy) is 2. The third-order valence-electron chi connectivity index (χ3n) is 3.58. The van der Waals surface area contributed by atoms with Crippen LogP contribution in [0.3, 0.4) is 0 Å². The molecular formula is C11H20N3O12P3S2. The van der Waals surface area contributed by atoms with E-state index in [1.807, 2.05) is 6.26 Å². The Kier molecular flexibility index (Phi) is 10.2. The molecule has 0 amide bonds. The normalized spacial score (nSPS) is 24.7. The van der Waals surface area contributed by atoms with Gasteiger partial charge in [-0.3, -0.25) is 13.7 Å². The van der Waals surface area contributed by atoms with E-state index in [1.54, 1.807) is 0 Å². The minimum absolute atomic E-state index is 0.0226. The average molecular weight is 543 g/mol. The Bertz CT molecular complexity index is 929. The van der Waals surface area contributed by atoms with Gasteiger partial charge in [0.1, 0.15) is 24.1 Å². The van der Waals surface area contributed by atoms with E-state index in [4.69, 9.17) is 29.5 Å². The second-order valence-corrected chi connectivity index (χ2v) is 12.4. The Morgan fingerprint density at radius 1 is 1.39 bits per heavy atom. The Hall–Kier alpha value is -0.250. The van der Waals surface area contributed by atoms with E-state index in [2.05, 4.69) is 13.6 Å². The summed E-state index contributed by atoms with van der Waals surface area (Å²) >= 11 is 0. The van der Waals surface area contributed by atoms with Crippen molar-refractivity contribution in [2.45, 2.75) is 24.9 Å². The van der Waals surface area contributed by atoms with Crippen molar-refractivity contribution >= 4 is 51.3 Å². The minimum atomic E-state index is -5.20. The SMILES string of the molecule is CSSCO[C@H]1CC(n2ccc(N)nc2=O)O[C@@H]1COP(=O)(O)O[PH](=O)OP(=O)(O)O. The van der Waals surface area contributed by atoms with Gasteiger partial charge in [-0.25, -0.2) is 22.5 Å². The highest BCUT2D eigenvalue weighted by Gasteiger charge is 2.40. The van der Waals surface area contributed by atoms with Gasteiger partial charge in [-0.05, 0) is 12.3 Å². The molecule has 1 aliphatic heterocycles. The molecule has 31 heavy (non-hydrogen) atoms. The molecule has 1 aromatic heterocycles. The summed E-state index contributed by atoms with van der Waals surface area (Å²) < 4.78 is 58.8. The Labute approximate surface area is 184 Å². The van der Waals surface area contributed by atoms with Gasteiger partial charge in [0.2, 0.25) is 0 Å². The molecule has 5 N–H and O–H groups in total.